The average molecular weight is 463 g/mol. The number of terminal acetylenes is 1. The molecule has 3 aromatic carbocycles. The number of hydrogen-bond acceptors (Lipinski definition) is 2. The van der Waals surface area contributed by atoms with E-state index in [2.05, 4.69) is 58.4 Å². The van der Waals surface area contributed by atoms with Crippen molar-refractivity contribution in [1.29, 1.82) is 5.26 Å². The molecule has 3 heterocycles. The van der Waals surface area contributed by atoms with Crippen molar-refractivity contribution in [2.24, 2.45) is 0 Å². The van der Waals surface area contributed by atoms with Crippen LogP contribution in [0.3, 0.4) is 0 Å². The van der Waals surface area contributed by atoms with Crippen molar-refractivity contribution in [2.75, 3.05) is 0 Å². The maximum atomic E-state index is 9.46. The van der Waals surface area contributed by atoms with E-state index in [-0.39, 0.29) is 0 Å². The van der Waals surface area contributed by atoms with Crippen LogP contribution in [0.15, 0.2) is 84.9 Å². The number of nitrogens with zero attached hydrogens (tertiary/aromatic N) is 4. The Morgan fingerprint density at radius 1 is 0.806 bits per heavy atom. The minimum absolute atomic E-state index is 0.638. The van der Waals surface area contributed by atoms with Gasteiger partial charge in [0.25, 0.3) is 0 Å². The summed E-state index contributed by atoms with van der Waals surface area (Å²) in [7, 11) is 0. The summed E-state index contributed by atoms with van der Waals surface area (Å²) in [6.07, 6.45) is 10.0. The summed E-state index contributed by atoms with van der Waals surface area (Å²) in [5.74, 6) is 4.50. The summed E-state index contributed by atoms with van der Waals surface area (Å²) in [5, 5.41) is 12.6. The second-order valence-corrected chi connectivity index (χ2v) is 8.81. The summed E-state index contributed by atoms with van der Waals surface area (Å²) >= 11 is 0. The van der Waals surface area contributed by atoms with Crippen LogP contribution in [0.4, 0.5) is 0 Å². The largest absolute Gasteiger partial charge is 0.294 e. The van der Waals surface area contributed by atoms with Gasteiger partial charge < -0.3 is 0 Å². The van der Waals surface area contributed by atoms with Gasteiger partial charge in [0, 0.05) is 16.2 Å². The molecule has 0 N–H and O–H groups in total. The Bertz CT molecular complexity index is 1930. The van der Waals surface area contributed by atoms with Crippen molar-refractivity contribution in [1.82, 2.24) is 14.1 Å². The highest BCUT2D eigenvalue weighted by molar-refractivity contribution is 6.09. The van der Waals surface area contributed by atoms with E-state index in [1.165, 1.54) is 0 Å². The molecule has 36 heavy (non-hydrogen) atoms. The monoisotopic (exact) mass is 462 g/mol. The Kier molecular flexibility index (Phi) is 4.95. The third kappa shape index (κ3) is 3.13. The van der Waals surface area contributed by atoms with Crippen LogP contribution in [-0.4, -0.2) is 14.1 Å². The number of aromatic nitrogens is 3. The van der Waals surface area contributed by atoms with Gasteiger partial charge in [-0.1, -0.05) is 47.9 Å². The molecule has 0 unspecified atom stereocenters. The number of hydrogen-bond donors (Lipinski definition) is 0. The summed E-state index contributed by atoms with van der Waals surface area (Å²) < 4.78 is 4.29. The van der Waals surface area contributed by atoms with E-state index >= 15 is 0 Å². The first-order chi connectivity index (χ1) is 17.6. The molecule has 6 aromatic rings. The molecule has 0 amide bonds. The number of para-hydroxylation sites is 1. The van der Waals surface area contributed by atoms with Crippen LogP contribution in [0.25, 0.3) is 50.4 Å². The maximum absolute atomic E-state index is 9.46. The minimum atomic E-state index is 0.638. The van der Waals surface area contributed by atoms with Crippen LogP contribution in [0.1, 0.15) is 29.3 Å². The van der Waals surface area contributed by atoms with Crippen molar-refractivity contribution < 1.29 is 0 Å². The summed E-state index contributed by atoms with van der Waals surface area (Å²) in [4.78, 5) is 5.15. The number of fused-ring (bicyclic) bond motifs is 4. The summed E-state index contributed by atoms with van der Waals surface area (Å²) in [6, 6.07) is 28.7. The topological polar surface area (TPSA) is 46.5 Å². The van der Waals surface area contributed by atoms with Crippen molar-refractivity contribution >= 4 is 38.8 Å². The quantitative estimate of drug-likeness (QED) is 0.259. The molecule has 0 aliphatic rings. The molecule has 4 nitrogen and oxygen atoms in total. The number of pyridine rings is 1. The van der Waals surface area contributed by atoms with Gasteiger partial charge in [-0.3, -0.25) is 9.13 Å². The van der Waals surface area contributed by atoms with Crippen LogP contribution in [-0.2, 0) is 0 Å². The van der Waals surface area contributed by atoms with Crippen LogP contribution < -0.4 is 0 Å². The van der Waals surface area contributed by atoms with E-state index in [1.807, 2.05) is 67.6 Å². The normalized spacial score (nSPS) is 11.4. The smallest absolute Gasteiger partial charge is 0.140 e. The molecule has 0 radical (unpaired) electrons. The zero-order valence-corrected chi connectivity index (χ0v) is 20.0. The van der Waals surface area contributed by atoms with E-state index in [9.17, 15) is 5.26 Å². The van der Waals surface area contributed by atoms with Gasteiger partial charge in [0.2, 0.25) is 0 Å². The fraction of sp³-hybridized carbons (Fsp3) is 0.0625. The molecule has 0 fully saturated rings. The van der Waals surface area contributed by atoms with Crippen LogP contribution >= 0.6 is 0 Å². The van der Waals surface area contributed by atoms with Gasteiger partial charge in [0.05, 0.1) is 39.4 Å². The molecule has 0 aliphatic heterocycles. The molecule has 0 aliphatic carbocycles. The molecule has 4 heteroatoms. The molecular weight excluding hydrogens is 440 g/mol. The van der Waals surface area contributed by atoms with E-state index < -0.39 is 0 Å². The molecule has 0 saturated carbocycles. The molecular formula is C32H22N4. The van der Waals surface area contributed by atoms with E-state index in [1.54, 1.807) is 0 Å². The SMILES string of the molecule is C#Cc1c(/C=C\C)n(-c2cccc(-n3c4ccccc4c4cc(C#N)ccc43)n2)c2ccc(C)cc12. The van der Waals surface area contributed by atoms with E-state index in [4.69, 9.17) is 11.4 Å². The van der Waals surface area contributed by atoms with Gasteiger partial charge in [-0.05, 0) is 68.5 Å². The highest BCUT2D eigenvalue weighted by atomic mass is 15.1. The standard InChI is InChI=1S/C32H22N4/c1-4-9-27-23(5-2)25-18-21(3)14-16-29(25)35(27)31-12-8-13-32(34-31)36-28-11-7-6-10-24(28)26-19-22(20-33)15-17-30(26)36/h2,4,6-19H,1,3H3/b9-4-. The zero-order chi connectivity index (χ0) is 24.8. The van der Waals surface area contributed by atoms with Crippen LogP contribution in [0.5, 0.6) is 0 Å². The maximum Gasteiger partial charge on any atom is 0.140 e. The first-order valence-electron chi connectivity index (χ1n) is 11.8. The molecule has 170 valence electrons. The van der Waals surface area contributed by atoms with E-state index in [0.29, 0.717) is 5.56 Å². The number of aryl methyl sites for hydroxylation is 1. The Labute approximate surface area is 209 Å². The third-order valence-electron chi connectivity index (χ3n) is 6.61. The lowest BCUT2D eigenvalue weighted by Crippen LogP contribution is -2.04. The fourth-order valence-electron chi connectivity index (χ4n) is 5.09. The molecule has 0 bridgehead atoms. The Balaban J connectivity index is 1.67. The fourth-order valence-corrected chi connectivity index (χ4v) is 5.09. The summed E-state index contributed by atoms with van der Waals surface area (Å²) in [5.41, 5.74) is 6.66. The number of nitriles is 1. The van der Waals surface area contributed by atoms with Crippen molar-refractivity contribution in [3.8, 4) is 30.0 Å². The summed E-state index contributed by atoms with van der Waals surface area (Å²) in [6.45, 7) is 4.07. The number of allylic oxidation sites excluding steroid dienone is 1. The average Bonchev–Trinajstić information content (AvgIpc) is 3.40. The van der Waals surface area contributed by atoms with Gasteiger partial charge >= 0.3 is 0 Å². The van der Waals surface area contributed by atoms with Gasteiger partial charge in [-0.2, -0.15) is 5.26 Å². The van der Waals surface area contributed by atoms with Crippen molar-refractivity contribution in [3.05, 3.63) is 107 Å². The minimum Gasteiger partial charge on any atom is -0.294 e. The molecule has 0 saturated heterocycles. The third-order valence-corrected chi connectivity index (χ3v) is 6.61. The Morgan fingerprint density at radius 3 is 2.31 bits per heavy atom. The first kappa shape index (κ1) is 21.5. The lowest BCUT2D eigenvalue weighted by Gasteiger charge is -2.12. The Hall–Kier alpha value is -5.06. The van der Waals surface area contributed by atoms with Crippen molar-refractivity contribution in [3.63, 3.8) is 0 Å². The highest BCUT2D eigenvalue weighted by Crippen LogP contribution is 2.34. The van der Waals surface area contributed by atoms with Crippen LogP contribution in [0.2, 0.25) is 0 Å². The first-order valence-corrected chi connectivity index (χ1v) is 11.8. The predicted molar refractivity (Wildman–Crippen MR) is 148 cm³/mol. The Morgan fingerprint density at radius 2 is 1.53 bits per heavy atom. The van der Waals surface area contributed by atoms with E-state index in [0.717, 1.165) is 61.2 Å². The van der Waals surface area contributed by atoms with Gasteiger partial charge in [0.1, 0.15) is 11.6 Å². The lowest BCUT2D eigenvalue weighted by molar-refractivity contribution is 0.985. The molecule has 6 rings (SSSR count). The second kappa shape index (κ2) is 8.31. The molecule has 0 spiro atoms. The number of benzene rings is 3. The van der Waals surface area contributed by atoms with Crippen molar-refractivity contribution in [2.45, 2.75) is 13.8 Å². The zero-order valence-electron chi connectivity index (χ0n) is 20.0. The van der Waals surface area contributed by atoms with Gasteiger partial charge in [0.15, 0.2) is 0 Å². The van der Waals surface area contributed by atoms with Crippen LogP contribution in [0, 0.1) is 30.6 Å². The molecule has 0 atom stereocenters. The number of rotatable bonds is 3. The van der Waals surface area contributed by atoms with Gasteiger partial charge in [-0.25, -0.2) is 4.98 Å². The molecule has 3 aromatic heterocycles. The van der Waals surface area contributed by atoms with Gasteiger partial charge in [-0.15, -0.1) is 6.42 Å². The highest BCUT2D eigenvalue weighted by Gasteiger charge is 2.18. The predicted octanol–water partition coefficient (Wildman–Crippen LogP) is 7.32. The second-order valence-electron chi connectivity index (χ2n) is 8.81. The lowest BCUT2D eigenvalue weighted by atomic mass is 10.1.